The highest BCUT2D eigenvalue weighted by molar-refractivity contribution is 6.30. The van der Waals surface area contributed by atoms with E-state index >= 15 is 0 Å². The summed E-state index contributed by atoms with van der Waals surface area (Å²) in [5, 5.41) is 4.09. The van der Waals surface area contributed by atoms with Crippen LogP contribution in [0.1, 0.15) is 30.5 Å². The van der Waals surface area contributed by atoms with Crippen molar-refractivity contribution in [2.45, 2.75) is 26.3 Å². The van der Waals surface area contributed by atoms with Crippen LogP contribution in [0.4, 0.5) is 10.1 Å². The molecule has 0 heterocycles. The van der Waals surface area contributed by atoms with Gasteiger partial charge in [-0.2, -0.15) is 0 Å². The Morgan fingerprint density at radius 3 is 2.58 bits per heavy atom. The van der Waals surface area contributed by atoms with Gasteiger partial charge in [0.2, 0.25) is 0 Å². The molecular formula is C16H17ClFN. The second-order valence-electron chi connectivity index (χ2n) is 4.59. The summed E-state index contributed by atoms with van der Waals surface area (Å²) in [6, 6.07) is 12.5. The highest BCUT2D eigenvalue weighted by Crippen LogP contribution is 2.27. The minimum absolute atomic E-state index is 0.0407. The third-order valence-corrected chi connectivity index (χ3v) is 3.44. The Morgan fingerprint density at radius 1 is 1.21 bits per heavy atom. The summed E-state index contributed by atoms with van der Waals surface area (Å²) in [5.74, 6) is -0.173. The molecule has 2 rings (SSSR count). The average Bonchev–Trinajstić information content (AvgIpc) is 2.39. The van der Waals surface area contributed by atoms with Crippen molar-refractivity contribution in [1.29, 1.82) is 0 Å². The zero-order valence-electron chi connectivity index (χ0n) is 11.1. The summed E-state index contributed by atoms with van der Waals surface area (Å²) in [6.45, 7) is 4.03. The van der Waals surface area contributed by atoms with Crippen LogP contribution in [0.15, 0.2) is 42.5 Å². The normalized spacial score (nSPS) is 12.2. The summed E-state index contributed by atoms with van der Waals surface area (Å²) in [4.78, 5) is 0. The molecule has 1 unspecified atom stereocenters. The molecule has 2 aromatic rings. The van der Waals surface area contributed by atoms with Crippen LogP contribution in [0.2, 0.25) is 5.02 Å². The van der Waals surface area contributed by atoms with Crippen molar-refractivity contribution in [3.8, 4) is 0 Å². The summed E-state index contributed by atoms with van der Waals surface area (Å²) in [6.07, 6.45) is 0.809. The second kappa shape index (κ2) is 6.07. The van der Waals surface area contributed by atoms with Gasteiger partial charge < -0.3 is 5.32 Å². The summed E-state index contributed by atoms with van der Waals surface area (Å²) >= 11 is 5.94. The van der Waals surface area contributed by atoms with Crippen molar-refractivity contribution in [2.24, 2.45) is 0 Å². The Kier molecular flexibility index (Phi) is 4.43. The van der Waals surface area contributed by atoms with Gasteiger partial charge in [0.1, 0.15) is 5.82 Å². The van der Waals surface area contributed by atoms with Crippen molar-refractivity contribution in [3.05, 3.63) is 64.4 Å². The molecule has 0 aliphatic heterocycles. The maximum absolute atomic E-state index is 13.8. The van der Waals surface area contributed by atoms with E-state index < -0.39 is 0 Å². The van der Waals surface area contributed by atoms with E-state index in [1.165, 1.54) is 6.07 Å². The Morgan fingerprint density at radius 2 is 1.95 bits per heavy atom. The van der Waals surface area contributed by atoms with Crippen LogP contribution >= 0.6 is 11.6 Å². The first-order chi connectivity index (χ1) is 9.11. The standard InChI is InChI=1S/C16H17ClFN/c1-3-15(13-6-4-5-7-14(13)18)19-16-9-8-12(17)10-11(16)2/h4-10,15,19H,3H2,1-2H3. The molecule has 0 saturated heterocycles. The van der Waals surface area contributed by atoms with E-state index in [0.29, 0.717) is 10.6 Å². The maximum atomic E-state index is 13.8. The van der Waals surface area contributed by atoms with Gasteiger partial charge in [-0.1, -0.05) is 36.7 Å². The lowest BCUT2D eigenvalue weighted by atomic mass is 10.0. The number of rotatable bonds is 4. The van der Waals surface area contributed by atoms with Gasteiger partial charge in [-0.3, -0.25) is 0 Å². The third kappa shape index (κ3) is 3.27. The van der Waals surface area contributed by atoms with Crippen molar-refractivity contribution in [2.75, 3.05) is 5.32 Å². The highest BCUT2D eigenvalue weighted by Gasteiger charge is 2.14. The van der Waals surface area contributed by atoms with Crippen molar-refractivity contribution >= 4 is 17.3 Å². The van der Waals surface area contributed by atoms with E-state index in [4.69, 9.17) is 11.6 Å². The molecule has 0 fully saturated rings. The van der Waals surface area contributed by atoms with Gasteiger partial charge in [-0.25, -0.2) is 4.39 Å². The van der Waals surface area contributed by atoms with Gasteiger partial charge in [0.25, 0.3) is 0 Å². The molecule has 0 amide bonds. The molecule has 1 nitrogen and oxygen atoms in total. The van der Waals surface area contributed by atoms with Crippen LogP contribution in [0.3, 0.4) is 0 Å². The summed E-state index contributed by atoms with van der Waals surface area (Å²) < 4.78 is 13.8. The Hall–Kier alpha value is -1.54. The first-order valence-corrected chi connectivity index (χ1v) is 6.76. The van der Waals surface area contributed by atoms with E-state index in [9.17, 15) is 4.39 Å². The predicted molar refractivity (Wildman–Crippen MR) is 79.2 cm³/mol. The van der Waals surface area contributed by atoms with Crippen LogP contribution in [-0.4, -0.2) is 0 Å². The fourth-order valence-electron chi connectivity index (χ4n) is 2.13. The minimum Gasteiger partial charge on any atom is -0.378 e. The zero-order valence-corrected chi connectivity index (χ0v) is 11.8. The molecule has 0 saturated carbocycles. The van der Waals surface area contributed by atoms with Crippen LogP contribution in [0, 0.1) is 12.7 Å². The lowest BCUT2D eigenvalue weighted by Crippen LogP contribution is -2.12. The molecule has 2 aromatic carbocycles. The van der Waals surface area contributed by atoms with Crippen LogP contribution in [0.5, 0.6) is 0 Å². The smallest absolute Gasteiger partial charge is 0.128 e. The number of hydrogen-bond donors (Lipinski definition) is 1. The fourth-order valence-corrected chi connectivity index (χ4v) is 2.36. The number of hydrogen-bond acceptors (Lipinski definition) is 1. The van der Waals surface area contributed by atoms with Crippen LogP contribution < -0.4 is 5.32 Å². The van der Waals surface area contributed by atoms with Gasteiger partial charge in [-0.05, 0) is 43.2 Å². The molecule has 1 N–H and O–H groups in total. The molecule has 1 atom stereocenters. The first kappa shape index (κ1) is 13.9. The van der Waals surface area contributed by atoms with Gasteiger partial charge in [0.05, 0.1) is 6.04 Å². The van der Waals surface area contributed by atoms with E-state index in [-0.39, 0.29) is 11.9 Å². The average molecular weight is 278 g/mol. The molecule has 0 radical (unpaired) electrons. The molecule has 0 bridgehead atoms. The third-order valence-electron chi connectivity index (χ3n) is 3.21. The Balaban J connectivity index is 2.27. The highest BCUT2D eigenvalue weighted by atomic mass is 35.5. The maximum Gasteiger partial charge on any atom is 0.128 e. The zero-order chi connectivity index (χ0) is 13.8. The van der Waals surface area contributed by atoms with Crippen LogP contribution in [-0.2, 0) is 0 Å². The minimum atomic E-state index is -0.173. The molecule has 0 aliphatic carbocycles. The van der Waals surface area contributed by atoms with Gasteiger partial charge >= 0.3 is 0 Å². The van der Waals surface area contributed by atoms with Crippen molar-refractivity contribution in [3.63, 3.8) is 0 Å². The molecule has 3 heteroatoms. The molecule has 100 valence electrons. The van der Waals surface area contributed by atoms with Gasteiger partial charge in [-0.15, -0.1) is 0 Å². The Bertz CT molecular complexity index is 568. The lowest BCUT2D eigenvalue weighted by molar-refractivity contribution is 0.587. The lowest BCUT2D eigenvalue weighted by Gasteiger charge is -2.20. The second-order valence-corrected chi connectivity index (χ2v) is 5.02. The monoisotopic (exact) mass is 277 g/mol. The molecular weight excluding hydrogens is 261 g/mol. The first-order valence-electron chi connectivity index (χ1n) is 6.39. The van der Waals surface area contributed by atoms with E-state index in [1.807, 2.05) is 44.2 Å². The predicted octanol–water partition coefficient (Wildman–Crippen LogP) is 5.35. The largest absolute Gasteiger partial charge is 0.378 e. The number of anilines is 1. The van der Waals surface area contributed by atoms with Gasteiger partial charge in [0, 0.05) is 16.3 Å². The number of halogens is 2. The topological polar surface area (TPSA) is 12.0 Å². The van der Waals surface area contributed by atoms with Crippen molar-refractivity contribution in [1.82, 2.24) is 0 Å². The van der Waals surface area contributed by atoms with Crippen molar-refractivity contribution < 1.29 is 4.39 Å². The summed E-state index contributed by atoms with van der Waals surface area (Å²) in [7, 11) is 0. The molecule has 19 heavy (non-hydrogen) atoms. The van der Waals surface area contributed by atoms with Gasteiger partial charge in [0.15, 0.2) is 0 Å². The number of benzene rings is 2. The quantitative estimate of drug-likeness (QED) is 0.794. The Labute approximate surface area is 118 Å². The molecule has 0 spiro atoms. The molecule has 0 aliphatic rings. The van der Waals surface area contributed by atoms with E-state index in [1.54, 1.807) is 6.07 Å². The SMILES string of the molecule is CCC(Nc1ccc(Cl)cc1C)c1ccccc1F. The van der Waals surface area contributed by atoms with E-state index in [2.05, 4.69) is 5.32 Å². The van der Waals surface area contributed by atoms with Crippen LogP contribution in [0.25, 0.3) is 0 Å². The van der Waals surface area contributed by atoms with E-state index in [0.717, 1.165) is 17.7 Å². The molecule has 0 aromatic heterocycles. The summed E-state index contributed by atoms with van der Waals surface area (Å²) in [5.41, 5.74) is 2.74. The number of nitrogens with one attached hydrogen (secondary N) is 1. The fraction of sp³-hybridized carbons (Fsp3) is 0.250. The number of aryl methyl sites for hydroxylation is 1.